The number of hydrogen-bond acceptors (Lipinski definition) is 3. The average molecular weight is 203 g/mol. The lowest BCUT2D eigenvalue weighted by molar-refractivity contribution is -0.123. The Morgan fingerprint density at radius 1 is 1.77 bits per heavy atom. The van der Waals surface area contributed by atoms with Crippen LogP contribution in [0.3, 0.4) is 0 Å². The van der Waals surface area contributed by atoms with Crippen LogP contribution in [0.25, 0.3) is 0 Å². The first-order chi connectivity index (χ1) is 6.04. The van der Waals surface area contributed by atoms with Gasteiger partial charge in [-0.15, -0.1) is 11.8 Å². The highest BCUT2D eigenvalue weighted by Crippen LogP contribution is 2.37. The van der Waals surface area contributed by atoms with Crippen molar-refractivity contribution in [2.24, 2.45) is 0 Å². The summed E-state index contributed by atoms with van der Waals surface area (Å²) in [5.41, 5.74) is 0. The fourth-order valence-electron chi connectivity index (χ4n) is 1.39. The van der Waals surface area contributed by atoms with Crippen LogP contribution in [0.2, 0.25) is 0 Å². The summed E-state index contributed by atoms with van der Waals surface area (Å²) in [4.78, 5) is 11.6. The molecule has 0 spiro atoms. The summed E-state index contributed by atoms with van der Waals surface area (Å²) < 4.78 is -0.255. The van der Waals surface area contributed by atoms with Crippen molar-refractivity contribution in [3.05, 3.63) is 0 Å². The topological polar surface area (TPSA) is 49.3 Å². The molecular weight excluding hydrogens is 186 g/mol. The molecule has 4 heteroatoms. The van der Waals surface area contributed by atoms with E-state index in [9.17, 15) is 4.79 Å². The number of aliphatic hydroxyl groups excluding tert-OH is 1. The van der Waals surface area contributed by atoms with Crippen molar-refractivity contribution < 1.29 is 9.90 Å². The maximum Gasteiger partial charge on any atom is 0.236 e. The molecule has 0 aliphatic carbocycles. The first kappa shape index (κ1) is 10.9. The number of carbonyl (C=O) groups excluding carboxylic acids is 1. The molecule has 0 saturated carbocycles. The van der Waals surface area contributed by atoms with Crippen molar-refractivity contribution in [1.82, 2.24) is 5.32 Å². The largest absolute Gasteiger partial charge is 0.392 e. The third-order valence-electron chi connectivity index (χ3n) is 2.26. The number of rotatable bonds is 3. The molecule has 1 aliphatic rings. The second kappa shape index (κ2) is 4.33. The van der Waals surface area contributed by atoms with E-state index < -0.39 is 6.10 Å². The Morgan fingerprint density at radius 2 is 2.46 bits per heavy atom. The van der Waals surface area contributed by atoms with Gasteiger partial charge in [0.1, 0.15) is 0 Å². The quantitative estimate of drug-likeness (QED) is 0.712. The average Bonchev–Trinajstić information content (AvgIpc) is 2.49. The number of hydrogen-bond donors (Lipinski definition) is 2. The third kappa shape index (κ3) is 2.88. The van der Waals surface area contributed by atoms with E-state index in [1.807, 2.05) is 6.92 Å². The zero-order valence-electron chi connectivity index (χ0n) is 8.17. The predicted molar refractivity (Wildman–Crippen MR) is 54.8 cm³/mol. The van der Waals surface area contributed by atoms with Gasteiger partial charge in [-0.2, -0.15) is 0 Å². The number of nitrogens with one attached hydrogen (secondary N) is 1. The Morgan fingerprint density at radius 3 is 2.92 bits per heavy atom. The Bertz CT molecular complexity index is 188. The molecule has 1 heterocycles. The Balaban J connectivity index is 2.38. The van der Waals surface area contributed by atoms with Crippen molar-refractivity contribution in [2.75, 3.05) is 12.3 Å². The summed E-state index contributed by atoms with van der Waals surface area (Å²) in [5.74, 6) is 1.13. The van der Waals surface area contributed by atoms with Gasteiger partial charge in [-0.1, -0.05) is 0 Å². The molecule has 1 unspecified atom stereocenters. The van der Waals surface area contributed by atoms with E-state index in [2.05, 4.69) is 5.32 Å². The molecular formula is C9H17NO2S. The predicted octanol–water partition coefficient (Wildman–Crippen LogP) is 0.769. The van der Waals surface area contributed by atoms with Gasteiger partial charge in [0.15, 0.2) is 0 Å². The zero-order valence-corrected chi connectivity index (χ0v) is 8.99. The van der Waals surface area contributed by atoms with Gasteiger partial charge >= 0.3 is 0 Å². The summed E-state index contributed by atoms with van der Waals surface area (Å²) in [6.07, 6.45) is 1.60. The molecule has 76 valence electrons. The standard InChI is InChI=1S/C9H17NO2S/c1-7(11)6-10-8(12)9(2)4-3-5-13-9/h7,11H,3-6H2,1-2H3,(H,10,12)/t7-,9?/m1/s1. The van der Waals surface area contributed by atoms with Crippen molar-refractivity contribution in [1.29, 1.82) is 0 Å². The van der Waals surface area contributed by atoms with E-state index in [-0.39, 0.29) is 10.7 Å². The van der Waals surface area contributed by atoms with E-state index >= 15 is 0 Å². The molecule has 2 N–H and O–H groups in total. The summed E-state index contributed by atoms with van der Waals surface area (Å²) in [6, 6.07) is 0. The second-order valence-corrected chi connectivity index (χ2v) is 5.34. The summed E-state index contributed by atoms with van der Waals surface area (Å²) in [7, 11) is 0. The van der Waals surface area contributed by atoms with Crippen LogP contribution in [0.1, 0.15) is 26.7 Å². The zero-order chi connectivity index (χ0) is 9.90. The van der Waals surface area contributed by atoms with Crippen LogP contribution in [0.15, 0.2) is 0 Å². The molecule has 13 heavy (non-hydrogen) atoms. The first-order valence-corrected chi connectivity index (χ1v) is 5.63. The van der Waals surface area contributed by atoms with Gasteiger partial charge in [-0.25, -0.2) is 0 Å². The molecule has 3 nitrogen and oxygen atoms in total. The van der Waals surface area contributed by atoms with Crippen molar-refractivity contribution in [3.8, 4) is 0 Å². The van der Waals surface area contributed by atoms with Gasteiger partial charge in [-0.05, 0) is 32.4 Å². The van der Waals surface area contributed by atoms with Crippen LogP contribution in [0, 0.1) is 0 Å². The monoisotopic (exact) mass is 203 g/mol. The summed E-state index contributed by atoms with van der Waals surface area (Å²) in [5, 5.41) is 11.8. The lowest BCUT2D eigenvalue weighted by atomic mass is 10.1. The SMILES string of the molecule is C[C@@H](O)CNC(=O)C1(C)CCCS1. The molecule has 1 fully saturated rings. The van der Waals surface area contributed by atoms with Gasteiger partial charge in [0, 0.05) is 6.54 Å². The molecule has 1 amide bonds. The first-order valence-electron chi connectivity index (χ1n) is 4.65. The van der Waals surface area contributed by atoms with Crippen LogP contribution >= 0.6 is 11.8 Å². The molecule has 0 aromatic rings. The summed E-state index contributed by atoms with van der Waals surface area (Å²) >= 11 is 1.71. The fraction of sp³-hybridized carbons (Fsp3) is 0.889. The van der Waals surface area contributed by atoms with Crippen LogP contribution in [-0.4, -0.2) is 34.2 Å². The molecule has 2 atom stereocenters. The summed E-state index contributed by atoms with van der Waals surface area (Å²) in [6.45, 7) is 4.00. The van der Waals surface area contributed by atoms with Gasteiger partial charge in [-0.3, -0.25) is 4.79 Å². The molecule has 1 rings (SSSR count). The Labute approximate surface area is 83.3 Å². The minimum absolute atomic E-state index is 0.0656. The molecule has 0 bridgehead atoms. The normalized spacial score (nSPS) is 30.1. The maximum atomic E-state index is 11.6. The van der Waals surface area contributed by atoms with Gasteiger partial charge in [0.25, 0.3) is 0 Å². The van der Waals surface area contributed by atoms with Gasteiger partial charge < -0.3 is 10.4 Å². The second-order valence-electron chi connectivity index (χ2n) is 3.74. The molecule has 0 aromatic carbocycles. The third-order valence-corrected chi connectivity index (χ3v) is 3.78. The van der Waals surface area contributed by atoms with E-state index in [4.69, 9.17) is 5.11 Å². The number of carbonyl (C=O) groups is 1. The fourth-order valence-corrected chi connectivity index (χ4v) is 2.62. The van der Waals surface area contributed by atoms with Crippen LogP contribution < -0.4 is 5.32 Å². The van der Waals surface area contributed by atoms with Crippen molar-refractivity contribution in [2.45, 2.75) is 37.5 Å². The van der Waals surface area contributed by atoms with Crippen LogP contribution in [0.4, 0.5) is 0 Å². The van der Waals surface area contributed by atoms with Gasteiger partial charge in [0.05, 0.1) is 10.9 Å². The maximum absolute atomic E-state index is 11.6. The van der Waals surface area contributed by atoms with E-state index in [1.54, 1.807) is 18.7 Å². The number of thioether (sulfide) groups is 1. The van der Waals surface area contributed by atoms with Crippen LogP contribution in [-0.2, 0) is 4.79 Å². The highest BCUT2D eigenvalue weighted by Gasteiger charge is 2.36. The Kier molecular flexibility index (Phi) is 3.62. The van der Waals surface area contributed by atoms with Crippen molar-refractivity contribution >= 4 is 17.7 Å². The molecule has 1 aliphatic heterocycles. The van der Waals surface area contributed by atoms with E-state index in [1.165, 1.54) is 0 Å². The lowest BCUT2D eigenvalue weighted by Gasteiger charge is -2.21. The molecule has 0 aromatic heterocycles. The van der Waals surface area contributed by atoms with Gasteiger partial charge in [0.2, 0.25) is 5.91 Å². The van der Waals surface area contributed by atoms with E-state index in [0.29, 0.717) is 6.54 Å². The highest BCUT2D eigenvalue weighted by atomic mass is 32.2. The molecule has 1 saturated heterocycles. The van der Waals surface area contributed by atoms with E-state index in [0.717, 1.165) is 18.6 Å². The number of aliphatic hydroxyl groups is 1. The number of amides is 1. The van der Waals surface area contributed by atoms with Crippen LogP contribution in [0.5, 0.6) is 0 Å². The highest BCUT2D eigenvalue weighted by molar-refractivity contribution is 8.01. The smallest absolute Gasteiger partial charge is 0.236 e. The van der Waals surface area contributed by atoms with Crippen molar-refractivity contribution in [3.63, 3.8) is 0 Å². The molecule has 0 radical (unpaired) electrons. The Hall–Kier alpha value is -0.220. The lowest BCUT2D eigenvalue weighted by Crippen LogP contribution is -2.42. The minimum atomic E-state index is -0.459. The minimum Gasteiger partial charge on any atom is -0.392 e.